The van der Waals surface area contributed by atoms with Crippen LogP contribution in [0.1, 0.15) is 40.3 Å². The molecule has 1 aliphatic rings. The molecule has 5 aromatic carbocycles. The number of rotatable bonds is 17. The minimum atomic E-state index is -1.52. The summed E-state index contributed by atoms with van der Waals surface area (Å²) in [7, 11) is 3.16. The fraction of sp³-hybridized carbons (Fsp3) is 0.238. The third-order valence-corrected chi connectivity index (χ3v) is 9.21. The van der Waals surface area contributed by atoms with Gasteiger partial charge in [0, 0.05) is 48.1 Å². The molecule has 0 bridgehead atoms. The summed E-state index contributed by atoms with van der Waals surface area (Å²) in [4.78, 5) is 23.0. The van der Waals surface area contributed by atoms with E-state index in [4.69, 9.17) is 34.6 Å². The Bertz CT molecular complexity index is 2100. The topological polar surface area (TPSA) is 159 Å². The van der Waals surface area contributed by atoms with Crippen LogP contribution in [-0.4, -0.2) is 49.9 Å². The maximum Gasteiger partial charge on any atom is 0.266 e. The molecule has 5 aromatic rings. The Kier molecular flexibility index (Phi) is 12.4. The molecule has 54 heavy (non-hydrogen) atoms. The lowest BCUT2D eigenvalue weighted by Gasteiger charge is -2.31. The zero-order valence-corrected chi connectivity index (χ0v) is 30.1. The fourth-order valence-electron chi connectivity index (χ4n) is 6.37. The first-order valence-corrected chi connectivity index (χ1v) is 17.6. The number of benzene rings is 5. The molecule has 0 radical (unpaired) electrons. The molecule has 0 aliphatic carbocycles. The standard InChI is InChI=1S/C42H42N6O6/c1-51-37-22-19-35(38(25-37)52-2)28-44-47-41(50)42(26-33-11-6-7-12-34(33)27-45-48-43)39(31-15-13-30(14-16-31)29-9-4-3-5-10-29)54-40(46-42)32-17-20-36(21-18-32)53-24-8-23-49/h3-7,9-22,25,39,44,49H,8,23-24,26-28H2,1-2H3,(H,47,50)/t39-,42-/m0/s1. The van der Waals surface area contributed by atoms with Crippen molar-refractivity contribution in [3.63, 3.8) is 0 Å². The van der Waals surface area contributed by atoms with Gasteiger partial charge in [-0.1, -0.05) is 90.0 Å². The third-order valence-electron chi connectivity index (χ3n) is 9.21. The Morgan fingerprint density at radius 2 is 1.54 bits per heavy atom. The van der Waals surface area contributed by atoms with Gasteiger partial charge in [-0.25, -0.2) is 10.4 Å². The van der Waals surface area contributed by atoms with E-state index < -0.39 is 17.6 Å². The summed E-state index contributed by atoms with van der Waals surface area (Å²) in [5.74, 6) is 1.74. The predicted octanol–water partition coefficient (Wildman–Crippen LogP) is 7.26. The Hall–Kier alpha value is -6.33. The van der Waals surface area contributed by atoms with Crippen molar-refractivity contribution in [1.29, 1.82) is 0 Å². The predicted molar refractivity (Wildman–Crippen MR) is 206 cm³/mol. The van der Waals surface area contributed by atoms with Crippen molar-refractivity contribution in [1.82, 2.24) is 10.9 Å². The van der Waals surface area contributed by atoms with Crippen LogP contribution in [0.5, 0.6) is 17.2 Å². The molecule has 0 spiro atoms. The second kappa shape index (κ2) is 17.9. The molecule has 0 saturated carbocycles. The highest BCUT2D eigenvalue weighted by molar-refractivity contribution is 6.01. The molecule has 0 saturated heterocycles. The number of nitrogens with one attached hydrogen (secondary N) is 2. The Labute approximate surface area is 314 Å². The zero-order chi connectivity index (χ0) is 37.8. The molecule has 1 heterocycles. The number of hydrogen-bond donors (Lipinski definition) is 3. The number of hydrazine groups is 1. The van der Waals surface area contributed by atoms with Gasteiger partial charge in [0.25, 0.3) is 5.91 Å². The number of hydrogen-bond acceptors (Lipinski definition) is 9. The van der Waals surface area contributed by atoms with Crippen LogP contribution in [-0.2, 0) is 29.0 Å². The number of azide groups is 1. The molecular formula is C42H42N6O6. The van der Waals surface area contributed by atoms with Crippen LogP contribution in [0.4, 0.5) is 0 Å². The van der Waals surface area contributed by atoms with Gasteiger partial charge in [-0.2, -0.15) is 0 Å². The van der Waals surface area contributed by atoms with Gasteiger partial charge in [0.15, 0.2) is 11.6 Å². The smallest absolute Gasteiger partial charge is 0.266 e. The molecule has 0 aromatic heterocycles. The van der Waals surface area contributed by atoms with E-state index in [0.29, 0.717) is 35.8 Å². The van der Waals surface area contributed by atoms with Crippen LogP contribution >= 0.6 is 0 Å². The third kappa shape index (κ3) is 8.65. The van der Waals surface area contributed by atoms with Gasteiger partial charge in [0.2, 0.25) is 5.90 Å². The number of ether oxygens (including phenoxy) is 4. The van der Waals surface area contributed by atoms with Crippen LogP contribution < -0.4 is 25.1 Å². The summed E-state index contributed by atoms with van der Waals surface area (Å²) >= 11 is 0. The van der Waals surface area contributed by atoms with Gasteiger partial charge in [-0.05, 0) is 63.7 Å². The van der Waals surface area contributed by atoms with E-state index in [1.807, 2.05) is 103 Å². The quantitative estimate of drug-likeness (QED) is 0.0299. The summed E-state index contributed by atoms with van der Waals surface area (Å²) in [6.07, 6.45) is -0.219. The second-order valence-corrected chi connectivity index (χ2v) is 12.6. The lowest BCUT2D eigenvalue weighted by molar-refractivity contribution is -0.130. The van der Waals surface area contributed by atoms with Crippen molar-refractivity contribution in [3.8, 4) is 28.4 Å². The van der Waals surface area contributed by atoms with Crippen LogP contribution in [0.25, 0.3) is 21.6 Å². The summed E-state index contributed by atoms with van der Waals surface area (Å²) < 4.78 is 23.4. The minimum absolute atomic E-state index is 0.0368. The Balaban J connectivity index is 1.41. The van der Waals surface area contributed by atoms with E-state index >= 15 is 0 Å². The maximum absolute atomic E-state index is 14.9. The molecule has 0 unspecified atom stereocenters. The number of aliphatic hydroxyl groups is 1. The summed E-state index contributed by atoms with van der Waals surface area (Å²) in [5.41, 5.74) is 19.5. The van der Waals surface area contributed by atoms with Gasteiger partial charge in [0.1, 0.15) is 17.2 Å². The van der Waals surface area contributed by atoms with E-state index in [2.05, 4.69) is 20.9 Å². The average Bonchev–Trinajstić information content (AvgIpc) is 3.61. The number of amides is 1. The molecule has 12 nitrogen and oxygen atoms in total. The fourth-order valence-corrected chi connectivity index (χ4v) is 6.37. The first kappa shape index (κ1) is 37.4. The first-order chi connectivity index (χ1) is 26.5. The second-order valence-electron chi connectivity index (χ2n) is 12.6. The van der Waals surface area contributed by atoms with Crippen molar-refractivity contribution in [3.05, 3.63) is 160 Å². The van der Waals surface area contributed by atoms with Gasteiger partial charge >= 0.3 is 0 Å². The SMILES string of the molecule is COc1ccc(CNNC(=O)[C@@]2(Cc3ccccc3CN=[N+]=[N-])N=C(c3ccc(OCCCO)cc3)O[C@H]2c2ccc(-c3ccccc3)cc2)c(OC)c1. The van der Waals surface area contributed by atoms with E-state index in [1.165, 1.54) is 0 Å². The van der Waals surface area contributed by atoms with E-state index in [-0.39, 0.29) is 32.0 Å². The molecule has 6 rings (SSSR count). The number of methoxy groups -OCH3 is 2. The molecule has 3 N–H and O–H groups in total. The highest BCUT2D eigenvalue weighted by Crippen LogP contribution is 2.43. The van der Waals surface area contributed by atoms with Gasteiger partial charge < -0.3 is 24.1 Å². The zero-order valence-electron chi connectivity index (χ0n) is 30.1. The molecule has 12 heteroatoms. The first-order valence-electron chi connectivity index (χ1n) is 17.6. The average molecular weight is 727 g/mol. The van der Waals surface area contributed by atoms with Crippen molar-refractivity contribution >= 4 is 11.8 Å². The van der Waals surface area contributed by atoms with Gasteiger partial charge in [-0.15, -0.1) is 0 Å². The maximum atomic E-state index is 14.9. The van der Waals surface area contributed by atoms with E-state index in [1.54, 1.807) is 32.4 Å². The lowest BCUT2D eigenvalue weighted by Crippen LogP contribution is -2.53. The number of aliphatic imine (C=N–C) groups is 1. The van der Waals surface area contributed by atoms with E-state index in [9.17, 15) is 4.79 Å². The number of nitrogens with zero attached hydrogens (tertiary/aromatic N) is 4. The number of carbonyl (C=O) groups is 1. The van der Waals surface area contributed by atoms with Crippen molar-refractivity contribution < 1.29 is 28.8 Å². The Morgan fingerprint density at radius 3 is 2.24 bits per heavy atom. The lowest BCUT2D eigenvalue weighted by atomic mass is 9.80. The number of aliphatic hydroxyl groups excluding tert-OH is 1. The van der Waals surface area contributed by atoms with Crippen molar-refractivity contribution in [2.45, 2.75) is 37.6 Å². The minimum Gasteiger partial charge on any atom is -0.497 e. The van der Waals surface area contributed by atoms with Crippen LogP contribution in [0.15, 0.2) is 131 Å². The number of carbonyl (C=O) groups excluding carboxylic acids is 1. The molecule has 276 valence electrons. The molecule has 1 aliphatic heterocycles. The molecular weight excluding hydrogens is 684 g/mol. The summed E-state index contributed by atoms with van der Waals surface area (Å²) in [6, 6.07) is 38.3. The summed E-state index contributed by atoms with van der Waals surface area (Å²) in [6.45, 7) is 0.761. The highest BCUT2D eigenvalue weighted by Gasteiger charge is 2.53. The molecule has 1 amide bonds. The van der Waals surface area contributed by atoms with Crippen LogP contribution in [0.3, 0.4) is 0 Å². The van der Waals surface area contributed by atoms with Gasteiger partial charge in [-0.3, -0.25) is 10.2 Å². The monoisotopic (exact) mass is 726 g/mol. The summed E-state index contributed by atoms with van der Waals surface area (Å²) in [5, 5.41) is 13.0. The normalized spacial score (nSPS) is 16.1. The Morgan fingerprint density at radius 1 is 0.852 bits per heavy atom. The highest BCUT2D eigenvalue weighted by atomic mass is 16.5. The van der Waals surface area contributed by atoms with Gasteiger partial charge in [0.05, 0.1) is 27.4 Å². The van der Waals surface area contributed by atoms with Crippen molar-refractivity contribution in [2.75, 3.05) is 27.4 Å². The largest absolute Gasteiger partial charge is 0.497 e. The van der Waals surface area contributed by atoms with E-state index in [0.717, 1.165) is 33.4 Å². The van der Waals surface area contributed by atoms with Crippen molar-refractivity contribution in [2.24, 2.45) is 10.1 Å². The van der Waals surface area contributed by atoms with Crippen LogP contribution in [0, 0.1) is 0 Å². The molecule has 2 atom stereocenters. The van der Waals surface area contributed by atoms with Crippen LogP contribution in [0.2, 0.25) is 0 Å². The molecule has 0 fully saturated rings.